The van der Waals surface area contributed by atoms with E-state index in [0.717, 1.165) is 16.1 Å². The Labute approximate surface area is 217 Å². The lowest BCUT2D eigenvalue weighted by molar-refractivity contribution is -0.114. The average Bonchev–Trinajstić information content (AvgIpc) is 2.87. The summed E-state index contributed by atoms with van der Waals surface area (Å²) in [7, 11) is -0.590. The Morgan fingerprint density at radius 3 is 2.08 bits per heavy atom. The van der Waals surface area contributed by atoms with Crippen molar-refractivity contribution in [3.63, 3.8) is 0 Å². The lowest BCUT2D eigenvalue weighted by Crippen LogP contribution is -2.38. The second-order valence-corrected chi connectivity index (χ2v) is 10.5. The Morgan fingerprint density at radius 2 is 1.46 bits per heavy atom. The van der Waals surface area contributed by atoms with Crippen LogP contribution in [0, 0.1) is 0 Å². The molecule has 3 rings (SSSR count). The van der Waals surface area contributed by atoms with Crippen LogP contribution in [0.15, 0.2) is 78.9 Å². The highest BCUT2D eigenvalue weighted by Gasteiger charge is 2.22. The van der Waals surface area contributed by atoms with Crippen molar-refractivity contribution < 1.29 is 22.8 Å². The standard InChI is InChI=1S/C27H30N4O5S/c1-30(2)27(34)21-13-15-22(16-14-21)31(37(3,35)36)19-25(32)29-24-12-8-7-11-23(24)26(33)28-18-17-20-9-5-4-6-10-20/h4-16H,17-19H2,1-3H3,(H,28,33)(H,29,32). The molecule has 3 amide bonds. The number of nitrogens with zero attached hydrogens (tertiary/aromatic N) is 2. The molecule has 0 aromatic heterocycles. The summed E-state index contributed by atoms with van der Waals surface area (Å²) in [4.78, 5) is 39.2. The van der Waals surface area contributed by atoms with E-state index in [2.05, 4.69) is 10.6 Å². The number of amides is 3. The summed E-state index contributed by atoms with van der Waals surface area (Å²) in [5.41, 5.74) is 2.24. The van der Waals surface area contributed by atoms with E-state index in [4.69, 9.17) is 0 Å². The molecule has 0 unspecified atom stereocenters. The predicted molar refractivity (Wildman–Crippen MR) is 144 cm³/mol. The first-order valence-corrected chi connectivity index (χ1v) is 13.4. The van der Waals surface area contributed by atoms with Crippen LogP contribution in [0.3, 0.4) is 0 Å². The maximum absolute atomic E-state index is 12.9. The molecule has 0 bridgehead atoms. The van der Waals surface area contributed by atoms with Gasteiger partial charge in [-0.05, 0) is 48.4 Å². The fraction of sp³-hybridized carbons (Fsp3) is 0.222. The maximum Gasteiger partial charge on any atom is 0.253 e. The summed E-state index contributed by atoms with van der Waals surface area (Å²) in [6.07, 6.45) is 1.65. The van der Waals surface area contributed by atoms with Gasteiger partial charge in [-0.15, -0.1) is 0 Å². The van der Waals surface area contributed by atoms with Crippen molar-refractivity contribution in [3.05, 3.63) is 95.6 Å². The minimum absolute atomic E-state index is 0.228. The molecule has 0 saturated carbocycles. The van der Waals surface area contributed by atoms with E-state index in [1.807, 2.05) is 30.3 Å². The van der Waals surface area contributed by atoms with Crippen molar-refractivity contribution in [2.24, 2.45) is 0 Å². The number of para-hydroxylation sites is 1. The third-order valence-electron chi connectivity index (χ3n) is 5.48. The third-order valence-corrected chi connectivity index (χ3v) is 6.62. The molecule has 0 radical (unpaired) electrons. The molecule has 0 aliphatic carbocycles. The topological polar surface area (TPSA) is 116 Å². The van der Waals surface area contributed by atoms with Gasteiger partial charge in [-0.3, -0.25) is 18.7 Å². The molecule has 0 atom stereocenters. The highest BCUT2D eigenvalue weighted by molar-refractivity contribution is 7.92. The summed E-state index contributed by atoms with van der Waals surface area (Å²) in [6.45, 7) is -0.0942. The van der Waals surface area contributed by atoms with Crippen LogP contribution in [0.2, 0.25) is 0 Å². The molecular weight excluding hydrogens is 492 g/mol. The molecule has 194 valence electrons. The summed E-state index contributed by atoms with van der Waals surface area (Å²) in [5, 5.41) is 5.50. The van der Waals surface area contributed by atoms with Crippen LogP contribution >= 0.6 is 0 Å². The smallest absolute Gasteiger partial charge is 0.253 e. The van der Waals surface area contributed by atoms with Gasteiger partial charge in [0, 0.05) is 26.2 Å². The molecular formula is C27H30N4O5S. The first kappa shape index (κ1) is 27.4. The second kappa shape index (κ2) is 12.2. The predicted octanol–water partition coefficient (Wildman–Crippen LogP) is 2.77. The first-order chi connectivity index (χ1) is 17.6. The summed E-state index contributed by atoms with van der Waals surface area (Å²) in [6, 6.07) is 22.2. The van der Waals surface area contributed by atoms with Crippen LogP contribution in [-0.2, 0) is 21.2 Å². The normalized spacial score (nSPS) is 10.9. The SMILES string of the molecule is CN(C)C(=O)c1ccc(N(CC(=O)Nc2ccccc2C(=O)NCCc2ccccc2)S(C)(=O)=O)cc1. The number of anilines is 2. The zero-order valence-electron chi connectivity index (χ0n) is 21.0. The molecule has 0 saturated heterocycles. The summed E-state index contributed by atoms with van der Waals surface area (Å²) in [5.74, 6) is -1.20. The molecule has 9 nitrogen and oxygen atoms in total. The largest absolute Gasteiger partial charge is 0.352 e. The van der Waals surface area contributed by atoms with E-state index in [1.165, 1.54) is 29.2 Å². The van der Waals surface area contributed by atoms with Crippen LogP contribution in [0.25, 0.3) is 0 Å². The molecule has 0 fully saturated rings. The minimum Gasteiger partial charge on any atom is -0.352 e. The summed E-state index contributed by atoms with van der Waals surface area (Å²) < 4.78 is 25.9. The van der Waals surface area contributed by atoms with Gasteiger partial charge in [0.1, 0.15) is 6.54 Å². The van der Waals surface area contributed by atoms with E-state index in [9.17, 15) is 22.8 Å². The average molecular weight is 523 g/mol. The molecule has 3 aromatic rings. The van der Waals surface area contributed by atoms with E-state index >= 15 is 0 Å². The van der Waals surface area contributed by atoms with Gasteiger partial charge in [0.25, 0.3) is 11.8 Å². The zero-order chi connectivity index (χ0) is 27.0. The number of nitrogens with one attached hydrogen (secondary N) is 2. The van der Waals surface area contributed by atoms with Gasteiger partial charge in [0.05, 0.1) is 23.2 Å². The van der Waals surface area contributed by atoms with Crippen LogP contribution in [-0.4, -0.2) is 64.5 Å². The fourth-order valence-corrected chi connectivity index (χ4v) is 4.46. The Bertz CT molecular complexity index is 1360. The molecule has 0 aliphatic rings. The number of rotatable bonds is 10. The van der Waals surface area contributed by atoms with E-state index in [1.54, 1.807) is 38.4 Å². The molecule has 2 N–H and O–H groups in total. The fourth-order valence-electron chi connectivity index (χ4n) is 3.60. The van der Waals surface area contributed by atoms with Gasteiger partial charge >= 0.3 is 0 Å². The maximum atomic E-state index is 12.9. The number of hydrogen-bond acceptors (Lipinski definition) is 5. The molecule has 0 heterocycles. The van der Waals surface area contributed by atoms with Crippen molar-refractivity contribution in [1.82, 2.24) is 10.2 Å². The molecule has 3 aromatic carbocycles. The second-order valence-electron chi connectivity index (χ2n) is 8.60. The first-order valence-electron chi connectivity index (χ1n) is 11.6. The Morgan fingerprint density at radius 1 is 0.838 bits per heavy atom. The molecule has 0 aliphatic heterocycles. The van der Waals surface area contributed by atoms with Crippen molar-refractivity contribution in [2.45, 2.75) is 6.42 Å². The highest BCUT2D eigenvalue weighted by Crippen LogP contribution is 2.20. The lowest BCUT2D eigenvalue weighted by atomic mass is 10.1. The Hall–Kier alpha value is -4.18. The number of benzene rings is 3. The van der Waals surface area contributed by atoms with Crippen molar-refractivity contribution >= 4 is 39.1 Å². The Balaban J connectivity index is 1.70. The molecule has 0 spiro atoms. The van der Waals surface area contributed by atoms with Gasteiger partial charge in [0.15, 0.2) is 0 Å². The van der Waals surface area contributed by atoms with Gasteiger partial charge in [-0.1, -0.05) is 42.5 Å². The van der Waals surface area contributed by atoms with Gasteiger partial charge in [-0.25, -0.2) is 8.42 Å². The number of sulfonamides is 1. The van der Waals surface area contributed by atoms with Crippen LogP contribution < -0.4 is 14.9 Å². The quantitative estimate of drug-likeness (QED) is 0.425. The zero-order valence-corrected chi connectivity index (χ0v) is 21.8. The molecule has 37 heavy (non-hydrogen) atoms. The van der Waals surface area contributed by atoms with Crippen LogP contribution in [0.1, 0.15) is 26.3 Å². The number of carbonyl (C=O) groups excluding carboxylic acids is 3. The highest BCUT2D eigenvalue weighted by atomic mass is 32.2. The number of carbonyl (C=O) groups is 3. The van der Waals surface area contributed by atoms with E-state index in [-0.39, 0.29) is 28.8 Å². The lowest BCUT2D eigenvalue weighted by Gasteiger charge is -2.22. The summed E-state index contributed by atoms with van der Waals surface area (Å²) >= 11 is 0. The molecule has 10 heteroatoms. The third kappa shape index (κ3) is 7.65. The van der Waals surface area contributed by atoms with Crippen molar-refractivity contribution in [1.29, 1.82) is 0 Å². The van der Waals surface area contributed by atoms with E-state index in [0.29, 0.717) is 18.5 Å². The van der Waals surface area contributed by atoms with Gasteiger partial charge in [-0.2, -0.15) is 0 Å². The van der Waals surface area contributed by atoms with Gasteiger partial charge in [0.2, 0.25) is 15.9 Å². The van der Waals surface area contributed by atoms with E-state index < -0.39 is 22.5 Å². The van der Waals surface area contributed by atoms with Gasteiger partial charge < -0.3 is 15.5 Å². The van der Waals surface area contributed by atoms with Crippen LogP contribution in [0.5, 0.6) is 0 Å². The van der Waals surface area contributed by atoms with Crippen molar-refractivity contribution in [2.75, 3.05) is 43.1 Å². The van der Waals surface area contributed by atoms with Crippen molar-refractivity contribution in [3.8, 4) is 0 Å². The number of hydrogen-bond donors (Lipinski definition) is 2. The van der Waals surface area contributed by atoms with Crippen LogP contribution in [0.4, 0.5) is 11.4 Å². The minimum atomic E-state index is -3.82. The Kier molecular flexibility index (Phi) is 9.02. The monoisotopic (exact) mass is 522 g/mol.